The molecule has 1 atom stereocenters. The molecule has 0 spiro atoms. The zero-order valence-corrected chi connectivity index (χ0v) is 10.6. The third-order valence-corrected chi connectivity index (χ3v) is 3.32. The number of morpholine rings is 1. The van der Waals surface area contributed by atoms with Crippen molar-refractivity contribution < 1.29 is 9.84 Å². The maximum absolute atomic E-state index is 9.47. The molecule has 0 aliphatic carbocycles. The molecule has 1 N–H and O–H groups in total. The van der Waals surface area contributed by atoms with E-state index in [0.29, 0.717) is 6.42 Å². The summed E-state index contributed by atoms with van der Waals surface area (Å²) in [6.45, 7) is 3.49. The van der Waals surface area contributed by atoms with Crippen LogP contribution in [0.2, 0.25) is 0 Å². The highest BCUT2D eigenvalue weighted by molar-refractivity contribution is 6.18. The van der Waals surface area contributed by atoms with Gasteiger partial charge in [-0.2, -0.15) is 0 Å². The normalized spacial score (nSPS) is 18.1. The lowest BCUT2D eigenvalue weighted by molar-refractivity contribution is 0.122. The summed E-state index contributed by atoms with van der Waals surface area (Å²) in [6, 6.07) is 8.31. The van der Waals surface area contributed by atoms with Gasteiger partial charge in [0.2, 0.25) is 0 Å². The van der Waals surface area contributed by atoms with Crippen molar-refractivity contribution in [2.45, 2.75) is 12.5 Å². The lowest BCUT2D eigenvalue weighted by atomic mass is 10.1. The maximum Gasteiger partial charge on any atom is 0.0715 e. The highest BCUT2D eigenvalue weighted by atomic mass is 35.5. The van der Waals surface area contributed by atoms with Crippen molar-refractivity contribution in [3.05, 3.63) is 29.8 Å². The van der Waals surface area contributed by atoms with Gasteiger partial charge in [0.25, 0.3) is 0 Å². The van der Waals surface area contributed by atoms with Crippen LogP contribution in [0.5, 0.6) is 0 Å². The number of aliphatic hydroxyl groups excluding tert-OH is 1. The number of hydrogen-bond donors (Lipinski definition) is 1. The molecule has 0 aromatic heterocycles. The van der Waals surface area contributed by atoms with Crippen LogP contribution in [0.15, 0.2) is 24.3 Å². The topological polar surface area (TPSA) is 32.7 Å². The summed E-state index contributed by atoms with van der Waals surface area (Å²) in [6.07, 6.45) is 0.165. The van der Waals surface area contributed by atoms with Gasteiger partial charge in [0.15, 0.2) is 0 Å². The van der Waals surface area contributed by atoms with Gasteiger partial charge in [-0.1, -0.05) is 12.1 Å². The average Bonchev–Trinajstić information content (AvgIpc) is 2.40. The van der Waals surface area contributed by atoms with Crippen molar-refractivity contribution in [1.82, 2.24) is 0 Å². The van der Waals surface area contributed by atoms with Gasteiger partial charge in [-0.3, -0.25) is 0 Å². The summed E-state index contributed by atoms with van der Waals surface area (Å²) in [5, 5.41) is 9.47. The van der Waals surface area contributed by atoms with Gasteiger partial charge in [-0.25, -0.2) is 0 Å². The number of nitrogens with zero attached hydrogens (tertiary/aromatic N) is 1. The van der Waals surface area contributed by atoms with Crippen LogP contribution < -0.4 is 4.90 Å². The Balaban J connectivity index is 1.97. The molecule has 2 rings (SSSR count). The number of benzene rings is 1. The number of alkyl halides is 1. The first kappa shape index (κ1) is 12.7. The third kappa shape index (κ3) is 3.60. The fourth-order valence-electron chi connectivity index (χ4n) is 1.99. The quantitative estimate of drug-likeness (QED) is 0.831. The standard InChI is InChI=1S/C13H18ClNO2/c14-10-13(16)9-11-1-3-12(4-2-11)15-5-7-17-8-6-15/h1-4,13,16H,5-10H2. The summed E-state index contributed by atoms with van der Waals surface area (Å²) < 4.78 is 5.32. The first-order valence-corrected chi connectivity index (χ1v) is 6.48. The van der Waals surface area contributed by atoms with Gasteiger partial charge >= 0.3 is 0 Å². The van der Waals surface area contributed by atoms with E-state index in [1.54, 1.807) is 0 Å². The Morgan fingerprint density at radius 1 is 1.24 bits per heavy atom. The zero-order valence-electron chi connectivity index (χ0n) is 9.81. The van der Waals surface area contributed by atoms with Crippen LogP contribution in [0.3, 0.4) is 0 Å². The summed E-state index contributed by atoms with van der Waals surface area (Å²) in [5.41, 5.74) is 2.34. The van der Waals surface area contributed by atoms with Crippen molar-refractivity contribution in [2.24, 2.45) is 0 Å². The Labute approximate surface area is 107 Å². The molecule has 4 heteroatoms. The number of hydrogen-bond acceptors (Lipinski definition) is 3. The van der Waals surface area contributed by atoms with E-state index in [1.165, 1.54) is 5.69 Å². The first-order valence-electron chi connectivity index (χ1n) is 5.95. The molecule has 17 heavy (non-hydrogen) atoms. The number of aliphatic hydroxyl groups is 1. The summed E-state index contributed by atoms with van der Waals surface area (Å²) >= 11 is 5.58. The van der Waals surface area contributed by atoms with E-state index < -0.39 is 6.10 Å². The molecule has 0 bridgehead atoms. The van der Waals surface area contributed by atoms with Crippen LogP contribution in [-0.4, -0.2) is 43.4 Å². The molecule has 94 valence electrons. The van der Waals surface area contributed by atoms with Gasteiger partial charge < -0.3 is 14.7 Å². The summed E-state index contributed by atoms with van der Waals surface area (Å²) in [5.74, 6) is 0.283. The van der Waals surface area contributed by atoms with Gasteiger partial charge in [0.1, 0.15) is 0 Å². The lowest BCUT2D eigenvalue weighted by Crippen LogP contribution is -2.36. The second kappa shape index (κ2) is 6.24. The second-order valence-electron chi connectivity index (χ2n) is 4.28. The predicted octanol–water partition coefficient (Wildman–Crippen LogP) is 1.67. The smallest absolute Gasteiger partial charge is 0.0715 e. The number of ether oxygens (including phenoxy) is 1. The fourth-order valence-corrected chi connectivity index (χ4v) is 2.10. The van der Waals surface area contributed by atoms with E-state index in [1.807, 2.05) is 0 Å². The van der Waals surface area contributed by atoms with E-state index in [-0.39, 0.29) is 5.88 Å². The van der Waals surface area contributed by atoms with Crippen molar-refractivity contribution in [3.8, 4) is 0 Å². The maximum atomic E-state index is 9.47. The zero-order chi connectivity index (χ0) is 12.1. The first-order chi connectivity index (χ1) is 8.29. The predicted molar refractivity (Wildman–Crippen MR) is 69.9 cm³/mol. The molecular formula is C13H18ClNO2. The number of halogens is 1. The summed E-state index contributed by atoms with van der Waals surface area (Å²) in [7, 11) is 0. The van der Waals surface area contributed by atoms with Crippen LogP contribution in [-0.2, 0) is 11.2 Å². The van der Waals surface area contributed by atoms with Crippen LogP contribution in [0, 0.1) is 0 Å². The molecule has 1 aliphatic rings. The second-order valence-corrected chi connectivity index (χ2v) is 4.59. The highest BCUT2D eigenvalue weighted by Gasteiger charge is 2.11. The van der Waals surface area contributed by atoms with Crippen LogP contribution >= 0.6 is 11.6 Å². The number of anilines is 1. The Kier molecular flexibility index (Phi) is 4.66. The third-order valence-electron chi connectivity index (χ3n) is 2.96. The average molecular weight is 256 g/mol. The van der Waals surface area contributed by atoms with E-state index >= 15 is 0 Å². The van der Waals surface area contributed by atoms with Gasteiger partial charge in [0, 0.05) is 24.7 Å². The molecule has 1 saturated heterocycles. The van der Waals surface area contributed by atoms with Crippen LogP contribution in [0.25, 0.3) is 0 Å². The van der Waals surface area contributed by atoms with Gasteiger partial charge in [-0.05, 0) is 24.1 Å². The van der Waals surface area contributed by atoms with E-state index in [4.69, 9.17) is 16.3 Å². The molecule has 3 nitrogen and oxygen atoms in total. The van der Waals surface area contributed by atoms with E-state index in [0.717, 1.165) is 31.9 Å². The van der Waals surface area contributed by atoms with E-state index in [2.05, 4.69) is 29.2 Å². The monoisotopic (exact) mass is 255 g/mol. The Hall–Kier alpha value is -0.770. The van der Waals surface area contributed by atoms with Crippen molar-refractivity contribution in [2.75, 3.05) is 37.1 Å². The van der Waals surface area contributed by atoms with Crippen molar-refractivity contribution in [1.29, 1.82) is 0 Å². The van der Waals surface area contributed by atoms with Crippen molar-refractivity contribution in [3.63, 3.8) is 0 Å². The lowest BCUT2D eigenvalue weighted by Gasteiger charge is -2.29. The highest BCUT2D eigenvalue weighted by Crippen LogP contribution is 2.17. The molecule has 1 aromatic rings. The molecule has 0 radical (unpaired) electrons. The minimum atomic E-state index is -0.453. The Morgan fingerprint density at radius 3 is 2.47 bits per heavy atom. The van der Waals surface area contributed by atoms with Crippen molar-refractivity contribution >= 4 is 17.3 Å². The SMILES string of the molecule is OC(CCl)Cc1ccc(N2CCOCC2)cc1. The molecule has 1 aliphatic heterocycles. The molecule has 1 aromatic carbocycles. The van der Waals surface area contributed by atoms with Gasteiger partial charge in [-0.15, -0.1) is 11.6 Å². The minimum absolute atomic E-state index is 0.283. The van der Waals surface area contributed by atoms with Gasteiger partial charge in [0.05, 0.1) is 19.3 Å². The Morgan fingerprint density at radius 2 is 1.88 bits per heavy atom. The van der Waals surface area contributed by atoms with Crippen LogP contribution in [0.1, 0.15) is 5.56 Å². The molecule has 0 amide bonds. The molecule has 1 fully saturated rings. The molecule has 0 saturated carbocycles. The Bertz CT molecular complexity index is 336. The van der Waals surface area contributed by atoms with Crippen LogP contribution in [0.4, 0.5) is 5.69 Å². The van der Waals surface area contributed by atoms with E-state index in [9.17, 15) is 5.11 Å². The summed E-state index contributed by atoms with van der Waals surface area (Å²) in [4.78, 5) is 2.31. The molecular weight excluding hydrogens is 238 g/mol. The fraction of sp³-hybridized carbons (Fsp3) is 0.538. The molecule has 1 heterocycles. The molecule has 1 unspecified atom stereocenters. The largest absolute Gasteiger partial charge is 0.392 e. The number of rotatable bonds is 4. The minimum Gasteiger partial charge on any atom is -0.392 e.